The zero-order chi connectivity index (χ0) is 10.8. The van der Waals surface area contributed by atoms with Crippen molar-refractivity contribution in [3.63, 3.8) is 0 Å². The Bertz CT molecular complexity index is 70.1. The Balaban J connectivity index is -0.0000000213. The van der Waals surface area contributed by atoms with Gasteiger partial charge in [0.05, 0.1) is 0 Å². The summed E-state index contributed by atoms with van der Waals surface area (Å²) in [6.07, 6.45) is 0. The van der Waals surface area contributed by atoms with E-state index in [0.29, 0.717) is 0 Å². The minimum atomic E-state index is -0.500. The molecule has 0 fully saturated rings. The molecule has 0 bridgehead atoms. The number of hydrogen-bond acceptors (Lipinski definition) is 8. The Morgan fingerprint density at radius 3 is 0.538 bits per heavy atom. The van der Waals surface area contributed by atoms with Gasteiger partial charge in [-0.05, 0) is 0 Å². The molecule has 0 aromatic heterocycles. The predicted molar refractivity (Wildman–Crippen MR) is 25.8 cm³/mol. The van der Waals surface area contributed by atoms with Gasteiger partial charge in [-0.2, -0.15) is 0 Å². The molecule has 0 N–H and O–H groups in total. The van der Waals surface area contributed by atoms with E-state index in [-0.39, 0.29) is 25.8 Å². The first-order valence-electron chi connectivity index (χ1n) is 1.89. The van der Waals surface area contributed by atoms with E-state index in [9.17, 15) is 0 Å². The maximum absolute atomic E-state index is 8.25. The van der Waals surface area contributed by atoms with Crippen molar-refractivity contribution >= 4 is 29.4 Å². The van der Waals surface area contributed by atoms with Crippen molar-refractivity contribution in [3.8, 4) is 0 Å². The smallest absolute Gasteiger partial charge is 4.00 e. The van der Waals surface area contributed by atoms with Gasteiger partial charge in [-0.25, -0.2) is 0 Å². The van der Waals surface area contributed by atoms with Crippen LogP contribution in [0.3, 0.4) is 0 Å². The molecule has 64 valence electrons. The van der Waals surface area contributed by atoms with Gasteiger partial charge in [0.2, 0.25) is 0 Å². The molecule has 0 saturated heterocycles. The third kappa shape index (κ3) is 4740. The largest absolute Gasteiger partial charge is 4.00 e. The monoisotopic (exact) mass is 352 g/mol. The minimum Gasteiger partial charge on any atom is 4.00 e. The van der Waals surface area contributed by atoms with Crippen LogP contribution in [0, 0.1) is 0 Å². The van der Waals surface area contributed by atoms with Crippen LogP contribution in [0.1, 0.15) is 0 Å². The minimum absolute atomic E-state index is 0. The van der Waals surface area contributed by atoms with Crippen molar-refractivity contribution in [2.24, 2.45) is 0 Å². The fourth-order valence-electron chi connectivity index (χ4n) is 0. The van der Waals surface area contributed by atoms with Gasteiger partial charge < -0.3 is 0 Å². The van der Waals surface area contributed by atoms with Crippen LogP contribution in [0.5, 0.6) is 0 Å². The number of rotatable bonds is 0. The summed E-state index contributed by atoms with van der Waals surface area (Å²) in [5.41, 5.74) is 0. The van der Waals surface area contributed by atoms with Crippen LogP contribution in [0.15, 0.2) is 0 Å². The van der Waals surface area contributed by atoms with Crippen molar-refractivity contribution in [2.75, 3.05) is 0 Å². The molecule has 0 unspecified atom stereocenters. The Labute approximate surface area is 94.3 Å². The molecule has 0 heterocycles. The Morgan fingerprint density at radius 2 is 0.538 bits per heavy atom. The first-order chi connectivity index (χ1) is 5.66. The average molecular weight is 350 g/mol. The molecule has 13 heavy (non-hydrogen) atoms. The third-order valence-corrected chi connectivity index (χ3v) is 0. The van der Waals surface area contributed by atoms with E-state index in [1.807, 2.05) is 0 Å². The van der Waals surface area contributed by atoms with Crippen LogP contribution in [0.2, 0.25) is 0 Å². The van der Waals surface area contributed by atoms with Crippen LogP contribution >= 0.6 is 0 Å². The van der Waals surface area contributed by atoms with Crippen molar-refractivity contribution in [3.05, 3.63) is 0 Å². The van der Waals surface area contributed by atoms with E-state index < -0.39 is 29.4 Å². The van der Waals surface area contributed by atoms with E-state index in [1.165, 1.54) is 0 Å². The molecule has 0 spiro atoms. The molecule has 0 aliphatic heterocycles. The molecule has 0 aromatic rings. The van der Waals surface area contributed by atoms with Crippen molar-refractivity contribution < 1.29 is 64.8 Å². The molecule has 0 rings (SSSR count). The number of hydrogen-bond donors (Lipinski definition) is 0. The molecule has 0 amide bonds. The summed E-state index contributed by atoms with van der Waals surface area (Å²) in [7, 11) is -2.00. The van der Waals surface area contributed by atoms with Gasteiger partial charge in [-0.3, -0.25) is 0 Å². The Morgan fingerprint density at radius 1 is 0.538 bits per heavy atom. The first-order valence-corrected chi connectivity index (χ1v) is 1.89. The van der Waals surface area contributed by atoms with Gasteiger partial charge in [-0.15, -0.1) is 0 Å². The first kappa shape index (κ1) is 29.4. The fourth-order valence-corrected chi connectivity index (χ4v) is 0. The second kappa shape index (κ2) is 103. The van der Waals surface area contributed by atoms with Crippen LogP contribution in [-0.2, 0) is 44.7 Å². The normalized spacial score (nSPS) is 2.46. The van der Waals surface area contributed by atoms with Crippen molar-refractivity contribution in [2.45, 2.75) is 0 Å². The van der Waals surface area contributed by atoms with Crippen LogP contribution in [0.25, 0.3) is 0 Å². The SMILES string of the molecule is O=B[O-].O=B[O-].O=B[O-].O=B[O-].[Hf+4]. The molecule has 13 heteroatoms. The zero-order valence-electron chi connectivity index (χ0n) is 6.08. The van der Waals surface area contributed by atoms with Gasteiger partial charge in [0.25, 0.3) is 0 Å². The summed E-state index contributed by atoms with van der Waals surface area (Å²) in [4.78, 5) is 0. The molecule has 0 atom stereocenters. The third-order valence-electron chi connectivity index (χ3n) is 0. The van der Waals surface area contributed by atoms with Crippen molar-refractivity contribution in [1.82, 2.24) is 0 Å². The molecule has 8 nitrogen and oxygen atoms in total. The zero-order valence-corrected chi connectivity index (χ0v) is 9.67. The van der Waals surface area contributed by atoms with Gasteiger partial charge in [0, 0.05) is 0 Å². The van der Waals surface area contributed by atoms with Gasteiger partial charge in [0.15, 0.2) is 0 Å². The maximum atomic E-state index is 8.25. The summed E-state index contributed by atoms with van der Waals surface area (Å²) in [6, 6.07) is 0. The molecule has 0 saturated carbocycles. The molecule has 0 aromatic carbocycles. The molecular formula is B4HfO8. The van der Waals surface area contributed by atoms with E-state index in [4.69, 9.17) is 38.9 Å². The summed E-state index contributed by atoms with van der Waals surface area (Å²) >= 11 is 0. The average Bonchev–Trinajstić information content (AvgIpc) is 1.92. The van der Waals surface area contributed by atoms with Crippen LogP contribution in [-0.4, -0.2) is 29.4 Å². The molecule has 0 aliphatic rings. The standard InChI is InChI=1S/4BO2.Hf/c4*2-1-3;/q4*-1;+4. The van der Waals surface area contributed by atoms with Crippen molar-refractivity contribution in [1.29, 1.82) is 0 Å². The summed E-state index contributed by atoms with van der Waals surface area (Å²) in [5, 5.41) is 33.0. The Kier molecular flexibility index (Phi) is 232. The second-order valence-corrected chi connectivity index (χ2v) is 0.385. The fraction of sp³-hybridized carbons (Fsp3) is 0. The summed E-state index contributed by atoms with van der Waals surface area (Å²) < 4.78 is 33.0. The summed E-state index contributed by atoms with van der Waals surface area (Å²) in [5.74, 6) is 0. The summed E-state index contributed by atoms with van der Waals surface area (Å²) in [6.45, 7) is 0. The molecule has 0 aliphatic carbocycles. The Hall–Kier alpha value is -0.470. The molecule has 0 radical (unpaired) electrons. The quantitative estimate of drug-likeness (QED) is 0.390. The topological polar surface area (TPSA) is 161 Å². The van der Waals surface area contributed by atoms with E-state index in [0.717, 1.165) is 0 Å². The van der Waals surface area contributed by atoms with Crippen LogP contribution < -0.4 is 20.1 Å². The predicted octanol–water partition coefficient (Wildman–Crippen LogP) is -6.76. The second-order valence-electron chi connectivity index (χ2n) is 0.385. The van der Waals surface area contributed by atoms with Gasteiger partial charge in [0.1, 0.15) is 0 Å². The van der Waals surface area contributed by atoms with E-state index >= 15 is 0 Å². The van der Waals surface area contributed by atoms with Crippen LogP contribution in [0.4, 0.5) is 0 Å². The molecular weight excluding hydrogens is 350 g/mol. The van der Waals surface area contributed by atoms with Gasteiger partial charge >= 0.3 is 94.2 Å². The van der Waals surface area contributed by atoms with Gasteiger partial charge in [-0.1, -0.05) is 0 Å². The van der Waals surface area contributed by atoms with E-state index in [1.54, 1.807) is 0 Å². The maximum Gasteiger partial charge on any atom is 4.00 e. The van der Waals surface area contributed by atoms with E-state index in [2.05, 4.69) is 0 Å².